The highest BCUT2D eigenvalue weighted by atomic mass is 35.5. The van der Waals surface area contributed by atoms with Crippen molar-refractivity contribution in [3.05, 3.63) is 0 Å². The smallest absolute Gasteiger partial charge is 0.232 e. The highest BCUT2D eigenvalue weighted by Crippen LogP contribution is 2.35. The van der Waals surface area contributed by atoms with Crippen molar-refractivity contribution >= 4 is 30.1 Å². The van der Waals surface area contributed by atoms with Gasteiger partial charge in [0.15, 0.2) is 0 Å². The quantitative estimate of drug-likeness (QED) is 0.793. The van der Waals surface area contributed by atoms with Gasteiger partial charge in [0.2, 0.25) is 5.91 Å². The highest BCUT2D eigenvalue weighted by Gasteiger charge is 2.41. The number of likely N-dealkylation sites (tertiary alicyclic amines) is 1. The summed E-state index contributed by atoms with van der Waals surface area (Å²) in [5.41, 5.74) is 0.425. The molecule has 1 amide bonds. The van der Waals surface area contributed by atoms with E-state index in [4.69, 9.17) is 0 Å². The summed E-state index contributed by atoms with van der Waals surface area (Å²) < 4.78 is 0. The van der Waals surface area contributed by atoms with E-state index in [1.807, 2.05) is 11.2 Å². The molecule has 0 radical (unpaired) electrons. The third-order valence-electron chi connectivity index (χ3n) is 3.39. The van der Waals surface area contributed by atoms with Gasteiger partial charge in [-0.15, -0.1) is 12.4 Å². The van der Waals surface area contributed by atoms with E-state index < -0.39 is 0 Å². The molecule has 2 saturated heterocycles. The summed E-state index contributed by atoms with van der Waals surface area (Å²) >= 11 is 1.62. The van der Waals surface area contributed by atoms with Crippen molar-refractivity contribution in [1.29, 1.82) is 0 Å². The van der Waals surface area contributed by atoms with Gasteiger partial charge in [-0.3, -0.25) is 4.79 Å². The normalized spacial score (nSPS) is 29.5. The molecule has 2 rings (SSSR count). The molecule has 0 aromatic rings. The molecule has 0 aromatic heterocycles. The molecule has 0 bridgehead atoms. The Morgan fingerprint density at radius 2 is 2.33 bits per heavy atom. The summed E-state index contributed by atoms with van der Waals surface area (Å²) in [5.74, 6) is 0.963. The largest absolute Gasteiger partial charge is 0.341 e. The van der Waals surface area contributed by atoms with E-state index >= 15 is 0 Å². The van der Waals surface area contributed by atoms with Gasteiger partial charge < -0.3 is 10.2 Å². The Labute approximate surface area is 102 Å². The van der Waals surface area contributed by atoms with Crippen molar-refractivity contribution in [2.75, 3.05) is 38.2 Å². The van der Waals surface area contributed by atoms with Crippen LogP contribution in [0.2, 0.25) is 0 Å². The molecule has 88 valence electrons. The Hall–Kier alpha value is 0.0700. The third kappa shape index (κ3) is 2.80. The van der Waals surface area contributed by atoms with Crippen LogP contribution in [-0.4, -0.2) is 49.0 Å². The van der Waals surface area contributed by atoms with E-state index in [1.54, 1.807) is 11.8 Å². The van der Waals surface area contributed by atoms with E-state index in [-0.39, 0.29) is 12.4 Å². The van der Waals surface area contributed by atoms with Crippen LogP contribution in [0.15, 0.2) is 0 Å². The number of thioether (sulfide) groups is 1. The summed E-state index contributed by atoms with van der Waals surface area (Å²) in [6.07, 6.45) is 4.43. The van der Waals surface area contributed by atoms with Crippen molar-refractivity contribution in [1.82, 2.24) is 10.2 Å². The maximum atomic E-state index is 11.7. The van der Waals surface area contributed by atoms with Crippen LogP contribution < -0.4 is 5.32 Å². The Morgan fingerprint density at radius 3 is 2.93 bits per heavy atom. The van der Waals surface area contributed by atoms with Gasteiger partial charge in [-0.1, -0.05) is 0 Å². The molecular weight excluding hydrogens is 232 g/mol. The SMILES string of the molecule is CSCC(=O)N1CCC2(CCNC2)C1.Cl. The molecule has 2 aliphatic rings. The highest BCUT2D eigenvalue weighted by molar-refractivity contribution is 7.99. The lowest BCUT2D eigenvalue weighted by Crippen LogP contribution is -2.34. The molecule has 0 saturated carbocycles. The van der Waals surface area contributed by atoms with Crippen molar-refractivity contribution in [3.63, 3.8) is 0 Å². The number of amides is 1. The van der Waals surface area contributed by atoms with Crippen LogP contribution in [-0.2, 0) is 4.79 Å². The van der Waals surface area contributed by atoms with E-state index in [2.05, 4.69) is 5.32 Å². The van der Waals surface area contributed by atoms with Gasteiger partial charge in [0.05, 0.1) is 5.75 Å². The maximum absolute atomic E-state index is 11.7. The summed E-state index contributed by atoms with van der Waals surface area (Å²) in [6.45, 7) is 4.20. The predicted molar refractivity (Wildman–Crippen MR) is 66.7 cm³/mol. The third-order valence-corrected chi connectivity index (χ3v) is 3.93. The zero-order chi connectivity index (χ0) is 10.0. The van der Waals surface area contributed by atoms with Crippen molar-refractivity contribution < 1.29 is 4.79 Å². The topological polar surface area (TPSA) is 32.3 Å². The number of nitrogens with zero attached hydrogens (tertiary/aromatic N) is 1. The number of carbonyl (C=O) groups is 1. The molecule has 2 fully saturated rings. The average Bonchev–Trinajstić information content (AvgIpc) is 2.78. The maximum Gasteiger partial charge on any atom is 0.232 e. The molecule has 1 unspecified atom stereocenters. The van der Waals surface area contributed by atoms with Crippen molar-refractivity contribution in [2.45, 2.75) is 12.8 Å². The van der Waals surface area contributed by atoms with Crippen LogP contribution in [0, 0.1) is 5.41 Å². The zero-order valence-electron chi connectivity index (χ0n) is 9.12. The number of hydrogen-bond donors (Lipinski definition) is 1. The van der Waals surface area contributed by atoms with Gasteiger partial charge in [-0.25, -0.2) is 0 Å². The summed E-state index contributed by atoms with van der Waals surface area (Å²) in [7, 11) is 0. The lowest BCUT2D eigenvalue weighted by Gasteiger charge is -2.22. The second kappa shape index (κ2) is 5.41. The Balaban J connectivity index is 0.00000112. The van der Waals surface area contributed by atoms with Gasteiger partial charge in [0.1, 0.15) is 0 Å². The van der Waals surface area contributed by atoms with Crippen molar-refractivity contribution in [2.24, 2.45) is 5.41 Å². The standard InChI is InChI=1S/C10H18N2OS.ClH/c1-14-6-9(13)12-5-3-10(8-12)2-4-11-7-10;/h11H,2-8H2,1H3;1H. The average molecular weight is 251 g/mol. The van der Waals surface area contributed by atoms with Crippen LogP contribution in [0.3, 0.4) is 0 Å². The lowest BCUT2D eigenvalue weighted by molar-refractivity contribution is -0.127. The zero-order valence-corrected chi connectivity index (χ0v) is 10.8. The van der Waals surface area contributed by atoms with Crippen LogP contribution in [0.25, 0.3) is 0 Å². The summed E-state index contributed by atoms with van der Waals surface area (Å²) in [5, 5.41) is 3.40. The monoisotopic (exact) mass is 250 g/mol. The van der Waals surface area contributed by atoms with Crippen LogP contribution in [0.5, 0.6) is 0 Å². The van der Waals surface area contributed by atoms with E-state index in [1.165, 1.54) is 12.8 Å². The first-order valence-electron chi connectivity index (χ1n) is 5.23. The van der Waals surface area contributed by atoms with Gasteiger partial charge in [0, 0.05) is 25.0 Å². The molecule has 2 aliphatic heterocycles. The molecule has 1 N–H and O–H groups in total. The predicted octanol–water partition coefficient (Wildman–Crippen LogP) is 0.983. The first-order chi connectivity index (χ1) is 6.76. The second-order valence-electron chi connectivity index (χ2n) is 4.43. The van der Waals surface area contributed by atoms with Gasteiger partial charge in [-0.05, 0) is 25.6 Å². The van der Waals surface area contributed by atoms with E-state index in [9.17, 15) is 4.79 Å². The lowest BCUT2D eigenvalue weighted by atomic mass is 9.87. The van der Waals surface area contributed by atoms with Gasteiger partial charge in [-0.2, -0.15) is 11.8 Å². The Morgan fingerprint density at radius 1 is 1.53 bits per heavy atom. The summed E-state index contributed by atoms with van der Waals surface area (Å²) in [4.78, 5) is 13.7. The number of carbonyl (C=O) groups excluding carboxylic acids is 1. The molecule has 1 atom stereocenters. The number of nitrogens with one attached hydrogen (secondary N) is 1. The van der Waals surface area contributed by atoms with Gasteiger partial charge in [0.25, 0.3) is 0 Å². The fourth-order valence-corrected chi connectivity index (χ4v) is 2.94. The fraction of sp³-hybridized carbons (Fsp3) is 0.900. The molecule has 0 aliphatic carbocycles. The molecule has 5 heteroatoms. The first-order valence-corrected chi connectivity index (χ1v) is 6.63. The summed E-state index contributed by atoms with van der Waals surface area (Å²) in [6, 6.07) is 0. The number of hydrogen-bond acceptors (Lipinski definition) is 3. The molecule has 0 aromatic carbocycles. The molecule has 3 nitrogen and oxygen atoms in total. The minimum atomic E-state index is 0. The molecule has 1 spiro atoms. The van der Waals surface area contributed by atoms with Crippen molar-refractivity contribution in [3.8, 4) is 0 Å². The Kier molecular flexibility index (Phi) is 4.74. The number of halogens is 1. The van der Waals surface area contributed by atoms with Gasteiger partial charge >= 0.3 is 0 Å². The molecular formula is C10H19ClN2OS. The van der Waals surface area contributed by atoms with Crippen LogP contribution in [0.4, 0.5) is 0 Å². The Bertz CT molecular complexity index is 231. The first kappa shape index (κ1) is 13.1. The minimum Gasteiger partial charge on any atom is -0.341 e. The number of rotatable bonds is 2. The van der Waals surface area contributed by atoms with E-state index in [0.29, 0.717) is 17.1 Å². The fourth-order valence-electron chi connectivity index (χ4n) is 2.51. The van der Waals surface area contributed by atoms with Crippen LogP contribution >= 0.6 is 24.2 Å². The molecule has 15 heavy (non-hydrogen) atoms. The van der Waals surface area contributed by atoms with Crippen LogP contribution in [0.1, 0.15) is 12.8 Å². The second-order valence-corrected chi connectivity index (χ2v) is 5.29. The van der Waals surface area contributed by atoms with E-state index in [0.717, 1.165) is 26.2 Å². The minimum absolute atomic E-state index is 0. The molecule has 2 heterocycles.